The van der Waals surface area contributed by atoms with Gasteiger partial charge in [0.15, 0.2) is 0 Å². The second-order valence-corrected chi connectivity index (χ2v) is 5.44. The molecule has 0 bridgehead atoms. The van der Waals surface area contributed by atoms with Crippen LogP contribution in [0.4, 0.5) is 5.69 Å². The van der Waals surface area contributed by atoms with E-state index in [2.05, 4.69) is 43.4 Å². The zero-order valence-electron chi connectivity index (χ0n) is 12.4. The monoisotopic (exact) mass is 270 g/mol. The topological polar surface area (TPSA) is 34.0 Å². The zero-order valence-corrected chi connectivity index (χ0v) is 12.4. The fraction of sp³-hybridized carbons (Fsp3) is 0.353. The molecule has 0 fully saturated rings. The first-order valence-electron chi connectivity index (χ1n) is 7.03. The summed E-state index contributed by atoms with van der Waals surface area (Å²) in [6.45, 7) is 4.29. The first-order chi connectivity index (χ1) is 9.54. The van der Waals surface area contributed by atoms with Gasteiger partial charge in [-0.05, 0) is 38.3 Å². The minimum absolute atomic E-state index is 0.0166. The van der Waals surface area contributed by atoms with Crippen LogP contribution in [0, 0.1) is 6.92 Å². The van der Waals surface area contributed by atoms with Crippen LogP contribution in [0.1, 0.15) is 24.5 Å². The molecule has 3 nitrogen and oxygen atoms in total. The molecule has 106 valence electrons. The van der Waals surface area contributed by atoms with Crippen LogP contribution < -0.4 is 10.9 Å². The van der Waals surface area contributed by atoms with Crippen molar-refractivity contribution in [2.45, 2.75) is 32.7 Å². The molecule has 0 radical (unpaired) electrons. The molecule has 1 unspecified atom stereocenters. The van der Waals surface area contributed by atoms with E-state index in [1.165, 1.54) is 11.1 Å². The number of aryl methyl sites for hydroxylation is 3. The highest BCUT2D eigenvalue weighted by atomic mass is 16.1. The highest BCUT2D eigenvalue weighted by Gasteiger charge is 2.04. The average molecular weight is 270 g/mol. The van der Waals surface area contributed by atoms with Crippen LogP contribution in [0.15, 0.2) is 47.4 Å². The van der Waals surface area contributed by atoms with Crippen molar-refractivity contribution < 1.29 is 0 Å². The summed E-state index contributed by atoms with van der Waals surface area (Å²) < 4.78 is 1.59. The molecule has 1 aromatic carbocycles. The SMILES string of the molecule is Cc1cccc(CCC(C)Nc2ccc(=O)n(C)c2)c1. The van der Waals surface area contributed by atoms with Crippen molar-refractivity contribution in [1.29, 1.82) is 0 Å². The van der Waals surface area contributed by atoms with Crippen molar-refractivity contribution in [3.05, 3.63) is 64.1 Å². The van der Waals surface area contributed by atoms with Gasteiger partial charge in [0.25, 0.3) is 0 Å². The minimum atomic E-state index is 0.0166. The lowest BCUT2D eigenvalue weighted by atomic mass is 10.0. The van der Waals surface area contributed by atoms with Crippen LogP contribution in [0.5, 0.6) is 0 Å². The lowest BCUT2D eigenvalue weighted by Crippen LogP contribution is -2.19. The summed E-state index contributed by atoms with van der Waals surface area (Å²) in [4.78, 5) is 11.3. The molecule has 0 spiro atoms. The maximum atomic E-state index is 11.3. The summed E-state index contributed by atoms with van der Waals surface area (Å²) >= 11 is 0. The Labute approximate surface area is 120 Å². The molecule has 0 aliphatic rings. The van der Waals surface area contributed by atoms with Crippen LogP contribution in [0.2, 0.25) is 0 Å². The van der Waals surface area contributed by atoms with Crippen LogP contribution >= 0.6 is 0 Å². The van der Waals surface area contributed by atoms with E-state index >= 15 is 0 Å². The van der Waals surface area contributed by atoms with Crippen molar-refractivity contribution in [3.8, 4) is 0 Å². The Morgan fingerprint density at radius 1 is 1.25 bits per heavy atom. The lowest BCUT2D eigenvalue weighted by molar-refractivity contribution is 0.703. The largest absolute Gasteiger partial charge is 0.381 e. The zero-order chi connectivity index (χ0) is 14.5. The normalized spacial score (nSPS) is 12.2. The second-order valence-electron chi connectivity index (χ2n) is 5.44. The van der Waals surface area contributed by atoms with E-state index in [-0.39, 0.29) is 5.56 Å². The molecule has 1 aromatic heterocycles. The average Bonchev–Trinajstić information content (AvgIpc) is 2.41. The van der Waals surface area contributed by atoms with Crippen molar-refractivity contribution in [2.24, 2.45) is 7.05 Å². The fourth-order valence-electron chi connectivity index (χ4n) is 2.29. The number of benzene rings is 1. The molecular weight excluding hydrogens is 248 g/mol. The maximum absolute atomic E-state index is 11.3. The molecule has 0 saturated heterocycles. The third-order valence-electron chi connectivity index (χ3n) is 3.45. The highest BCUT2D eigenvalue weighted by molar-refractivity contribution is 5.41. The standard InChI is InChI=1S/C17H22N2O/c1-13-5-4-6-15(11-13)8-7-14(2)18-16-9-10-17(20)19(3)12-16/h4-6,9-12,14,18H,7-8H2,1-3H3. The van der Waals surface area contributed by atoms with Crippen LogP contribution in [0.3, 0.4) is 0 Å². The van der Waals surface area contributed by atoms with Gasteiger partial charge in [-0.2, -0.15) is 0 Å². The van der Waals surface area contributed by atoms with E-state index in [1.807, 2.05) is 12.3 Å². The number of nitrogens with zero attached hydrogens (tertiary/aromatic N) is 1. The van der Waals surface area contributed by atoms with E-state index in [1.54, 1.807) is 17.7 Å². The summed E-state index contributed by atoms with van der Waals surface area (Å²) in [6, 6.07) is 12.4. The lowest BCUT2D eigenvalue weighted by Gasteiger charge is -2.15. The Morgan fingerprint density at radius 2 is 2.05 bits per heavy atom. The van der Waals surface area contributed by atoms with Crippen molar-refractivity contribution in [3.63, 3.8) is 0 Å². The molecular formula is C17H22N2O. The molecule has 1 heterocycles. The molecule has 0 amide bonds. The van der Waals surface area contributed by atoms with Gasteiger partial charge in [-0.1, -0.05) is 29.8 Å². The van der Waals surface area contributed by atoms with Gasteiger partial charge in [-0.3, -0.25) is 4.79 Å². The minimum Gasteiger partial charge on any atom is -0.381 e. The molecule has 0 aliphatic heterocycles. The van der Waals surface area contributed by atoms with Crippen LogP contribution in [-0.2, 0) is 13.5 Å². The first kappa shape index (κ1) is 14.4. The number of pyridine rings is 1. The summed E-state index contributed by atoms with van der Waals surface area (Å²) in [7, 11) is 1.77. The van der Waals surface area contributed by atoms with Gasteiger partial charge in [0.2, 0.25) is 5.56 Å². The molecule has 0 aliphatic carbocycles. The van der Waals surface area contributed by atoms with Gasteiger partial charge < -0.3 is 9.88 Å². The predicted molar refractivity (Wildman–Crippen MR) is 84.3 cm³/mol. The third kappa shape index (κ3) is 3.98. The van der Waals surface area contributed by atoms with Gasteiger partial charge >= 0.3 is 0 Å². The van der Waals surface area contributed by atoms with Crippen molar-refractivity contribution in [2.75, 3.05) is 5.32 Å². The molecule has 2 aromatic rings. The summed E-state index contributed by atoms with van der Waals surface area (Å²) in [5, 5.41) is 3.44. The van der Waals surface area contributed by atoms with E-state index in [4.69, 9.17) is 0 Å². The van der Waals surface area contributed by atoms with E-state index in [0.717, 1.165) is 18.5 Å². The summed E-state index contributed by atoms with van der Waals surface area (Å²) in [5.74, 6) is 0. The fourth-order valence-corrected chi connectivity index (χ4v) is 2.29. The van der Waals surface area contributed by atoms with Gasteiger partial charge in [0.1, 0.15) is 0 Å². The van der Waals surface area contributed by atoms with Crippen molar-refractivity contribution >= 4 is 5.69 Å². The summed E-state index contributed by atoms with van der Waals surface area (Å²) in [5.41, 5.74) is 3.69. The predicted octanol–water partition coefficient (Wildman–Crippen LogP) is 3.13. The first-order valence-corrected chi connectivity index (χ1v) is 7.03. The van der Waals surface area contributed by atoms with Crippen molar-refractivity contribution in [1.82, 2.24) is 4.57 Å². The highest BCUT2D eigenvalue weighted by Crippen LogP contribution is 2.11. The van der Waals surface area contributed by atoms with E-state index < -0.39 is 0 Å². The summed E-state index contributed by atoms with van der Waals surface area (Å²) in [6.07, 6.45) is 3.96. The molecule has 0 saturated carbocycles. The Bertz CT molecular complexity index is 631. The Kier molecular flexibility index (Phi) is 4.61. The third-order valence-corrected chi connectivity index (χ3v) is 3.45. The van der Waals surface area contributed by atoms with Gasteiger partial charge in [0, 0.05) is 25.4 Å². The quantitative estimate of drug-likeness (QED) is 0.905. The van der Waals surface area contributed by atoms with Gasteiger partial charge in [-0.15, -0.1) is 0 Å². The van der Waals surface area contributed by atoms with E-state index in [9.17, 15) is 4.79 Å². The molecule has 2 rings (SSSR count). The number of rotatable bonds is 5. The molecule has 1 N–H and O–H groups in total. The Balaban J connectivity index is 1.90. The number of aromatic nitrogens is 1. The smallest absolute Gasteiger partial charge is 0.250 e. The number of hydrogen-bond acceptors (Lipinski definition) is 2. The second kappa shape index (κ2) is 6.42. The molecule has 20 heavy (non-hydrogen) atoms. The van der Waals surface area contributed by atoms with Crippen LogP contribution in [0.25, 0.3) is 0 Å². The van der Waals surface area contributed by atoms with Gasteiger partial charge in [0.05, 0.1) is 5.69 Å². The number of hydrogen-bond donors (Lipinski definition) is 1. The Hall–Kier alpha value is -2.03. The Morgan fingerprint density at radius 3 is 2.75 bits per heavy atom. The number of anilines is 1. The van der Waals surface area contributed by atoms with E-state index in [0.29, 0.717) is 6.04 Å². The maximum Gasteiger partial charge on any atom is 0.250 e. The van der Waals surface area contributed by atoms with Gasteiger partial charge in [-0.25, -0.2) is 0 Å². The van der Waals surface area contributed by atoms with Crippen LogP contribution in [-0.4, -0.2) is 10.6 Å². The number of nitrogens with one attached hydrogen (secondary N) is 1. The molecule has 3 heteroatoms. The molecule has 1 atom stereocenters.